The van der Waals surface area contributed by atoms with Gasteiger partial charge < -0.3 is 14.8 Å². The molecular weight excluding hydrogens is 240 g/mol. The van der Waals surface area contributed by atoms with Crippen molar-refractivity contribution in [2.75, 3.05) is 52.6 Å². The second-order valence-electron chi connectivity index (χ2n) is 5.19. The van der Waals surface area contributed by atoms with Gasteiger partial charge in [0.1, 0.15) is 0 Å². The quantitative estimate of drug-likeness (QED) is 0.616. The van der Waals surface area contributed by atoms with E-state index >= 15 is 0 Å². The van der Waals surface area contributed by atoms with Gasteiger partial charge >= 0.3 is 0 Å². The summed E-state index contributed by atoms with van der Waals surface area (Å²) < 4.78 is 11.0. The molecule has 4 nitrogen and oxygen atoms in total. The molecule has 1 unspecified atom stereocenters. The van der Waals surface area contributed by atoms with Crippen molar-refractivity contribution in [3.05, 3.63) is 0 Å². The first-order valence-corrected chi connectivity index (χ1v) is 7.98. The van der Waals surface area contributed by atoms with Crippen LogP contribution < -0.4 is 5.32 Å². The summed E-state index contributed by atoms with van der Waals surface area (Å²) in [5.41, 5.74) is 0. The van der Waals surface area contributed by atoms with Crippen LogP contribution in [0.2, 0.25) is 0 Å². The summed E-state index contributed by atoms with van der Waals surface area (Å²) in [6.07, 6.45) is 5.37. The Labute approximate surface area is 118 Å². The van der Waals surface area contributed by atoms with Crippen LogP contribution in [0.15, 0.2) is 0 Å². The number of nitrogens with zero attached hydrogens (tertiary/aromatic N) is 1. The fraction of sp³-hybridized carbons (Fsp3) is 1.00. The van der Waals surface area contributed by atoms with Crippen molar-refractivity contribution in [1.29, 1.82) is 0 Å². The highest BCUT2D eigenvalue weighted by Crippen LogP contribution is 2.09. The van der Waals surface area contributed by atoms with E-state index in [4.69, 9.17) is 9.47 Å². The highest BCUT2D eigenvalue weighted by atomic mass is 16.5. The maximum absolute atomic E-state index is 5.48. The predicted octanol–water partition coefficient (Wildman–Crippen LogP) is 1.89. The molecule has 1 aliphatic rings. The van der Waals surface area contributed by atoms with E-state index < -0.39 is 0 Å². The number of rotatable bonds is 10. The van der Waals surface area contributed by atoms with Crippen molar-refractivity contribution in [1.82, 2.24) is 10.2 Å². The summed E-state index contributed by atoms with van der Waals surface area (Å²) in [6.45, 7) is 11.7. The van der Waals surface area contributed by atoms with E-state index in [1.165, 1.54) is 32.2 Å². The van der Waals surface area contributed by atoms with Crippen molar-refractivity contribution in [2.45, 2.75) is 45.6 Å². The van der Waals surface area contributed by atoms with Gasteiger partial charge in [0, 0.05) is 38.9 Å². The molecule has 0 bridgehead atoms. The molecule has 1 saturated heterocycles. The topological polar surface area (TPSA) is 33.7 Å². The molecule has 1 atom stereocenters. The molecule has 1 heterocycles. The van der Waals surface area contributed by atoms with Gasteiger partial charge in [-0.1, -0.05) is 12.8 Å². The molecule has 0 aromatic carbocycles. The monoisotopic (exact) mass is 272 g/mol. The van der Waals surface area contributed by atoms with E-state index in [1.807, 2.05) is 0 Å². The summed E-state index contributed by atoms with van der Waals surface area (Å²) in [7, 11) is 0. The van der Waals surface area contributed by atoms with Crippen LogP contribution in [0.1, 0.15) is 39.5 Å². The van der Waals surface area contributed by atoms with Gasteiger partial charge in [-0.15, -0.1) is 0 Å². The summed E-state index contributed by atoms with van der Waals surface area (Å²) in [6, 6.07) is 0.644. The van der Waals surface area contributed by atoms with Gasteiger partial charge in [-0.05, 0) is 33.2 Å². The van der Waals surface area contributed by atoms with Gasteiger partial charge in [0.15, 0.2) is 0 Å². The highest BCUT2D eigenvalue weighted by molar-refractivity contribution is 4.75. The fourth-order valence-electron chi connectivity index (χ4n) is 2.54. The number of ether oxygens (including phenoxy) is 2. The summed E-state index contributed by atoms with van der Waals surface area (Å²) in [5.74, 6) is 0. The lowest BCUT2D eigenvalue weighted by atomic mass is 10.1. The summed E-state index contributed by atoms with van der Waals surface area (Å²) in [5, 5.41) is 3.67. The summed E-state index contributed by atoms with van der Waals surface area (Å²) in [4.78, 5) is 2.48. The van der Waals surface area contributed by atoms with Gasteiger partial charge in [0.2, 0.25) is 0 Å². The number of nitrogens with one attached hydrogen (secondary N) is 1. The van der Waals surface area contributed by atoms with E-state index in [-0.39, 0.29) is 0 Å². The Kier molecular flexibility index (Phi) is 10.4. The van der Waals surface area contributed by atoms with E-state index in [9.17, 15) is 0 Å². The Morgan fingerprint density at radius 1 is 1.00 bits per heavy atom. The van der Waals surface area contributed by atoms with Gasteiger partial charge in [-0.2, -0.15) is 0 Å². The van der Waals surface area contributed by atoms with Crippen LogP contribution in [0.25, 0.3) is 0 Å². The third kappa shape index (κ3) is 8.58. The Balaban J connectivity index is 2.27. The van der Waals surface area contributed by atoms with Crippen LogP contribution in [0.5, 0.6) is 0 Å². The van der Waals surface area contributed by atoms with Crippen LogP contribution in [0.3, 0.4) is 0 Å². The Hall–Kier alpha value is -0.160. The van der Waals surface area contributed by atoms with Gasteiger partial charge in [-0.25, -0.2) is 0 Å². The third-order valence-electron chi connectivity index (χ3n) is 3.65. The van der Waals surface area contributed by atoms with Gasteiger partial charge in [0.05, 0.1) is 13.2 Å². The van der Waals surface area contributed by atoms with E-state index in [2.05, 4.69) is 24.1 Å². The zero-order valence-electron chi connectivity index (χ0n) is 12.8. The molecule has 0 spiro atoms. The molecule has 0 radical (unpaired) electrons. The normalized spacial score (nSPS) is 20.7. The average Bonchev–Trinajstić information content (AvgIpc) is 2.67. The average molecular weight is 272 g/mol. The molecule has 0 aliphatic carbocycles. The van der Waals surface area contributed by atoms with E-state index in [0.717, 1.165) is 46.1 Å². The van der Waals surface area contributed by atoms with Crippen LogP contribution in [0.4, 0.5) is 0 Å². The second kappa shape index (κ2) is 11.6. The third-order valence-corrected chi connectivity index (χ3v) is 3.65. The lowest BCUT2D eigenvalue weighted by Crippen LogP contribution is -2.43. The van der Waals surface area contributed by atoms with Crippen molar-refractivity contribution in [3.8, 4) is 0 Å². The number of hydrogen-bond acceptors (Lipinski definition) is 4. The largest absolute Gasteiger partial charge is 0.380 e. The molecule has 1 N–H and O–H groups in total. The van der Waals surface area contributed by atoms with Crippen LogP contribution in [0, 0.1) is 0 Å². The molecule has 114 valence electrons. The number of hydrogen-bond donors (Lipinski definition) is 1. The lowest BCUT2D eigenvalue weighted by Gasteiger charge is -2.27. The van der Waals surface area contributed by atoms with E-state index in [1.54, 1.807) is 0 Å². The van der Waals surface area contributed by atoms with Crippen molar-refractivity contribution in [3.63, 3.8) is 0 Å². The molecule has 0 amide bonds. The van der Waals surface area contributed by atoms with Crippen LogP contribution >= 0.6 is 0 Å². The SMILES string of the molecule is CCOCCN(CCOCC)CC1CCCCCN1. The zero-order chi connectivity index (χ0) is 13.8. The molecule has 0 aromatic rings. The van der Waals surface area contributed by atoms with Gasteiger partial charge in [-0.3, -0.25) is 4.90 Å². The first-order valence-electron chi connectivity index (χ1n) is 7.98. The fourth-order valence-corrected chi connectivity index (χ4v) is 2.54. The lowest BCUT2D eigenvalue weighted by molar-refractivity contribution is 0.0781. The molecule has 4 heteroatoms. The van der Waals surface area contributed by atoms with Crippen molar-refractivity contribution < 1.29 is 9.47 Å². The second-order valence-corrected chi connectivity index (χ2v) is 5.19. The van der Waals surface area contributed by atoms with Crippen molar-refractivity contribution >= 4 is 0 Å². The molecule has 19 heavy (non-hydrogen) atoms. The Bertz CT molecular complexity index is 185. The van der Waals surface area contributed by atoms with Gasteiger partial charge in [0.25, 0.3) is 0 Å². The maximum atomic E-state index is 5.48. The Morgan fingerprint density at radius 3 is 2.32 bits per heavy atom. The Morgan fingerprint density at radius 2 is 1.68 bits per heavy atom. The molecule has 0 saturated carbocycles. The minimum absolute atomic E-state index is 0.644. The smallest absolute Gasteiger partial charge is 0.0593 e. The molecule has 1 rings (SSSR count). The first kappa shape index (κ1) is 16.9. The zero-order valence-corrected chi connectivity index (χ0v) is 12.8. The standard InChI is InChI=1S/C15H32N2O2/c1-3-18-12-10-17(11-13-19-4-2)14-15-8-6-5-7-9-16-15/h15-16H,3-14H2,1-2H3. The minimum Gasteiger partial charge on any atom is -0.380 e. The minimum atomic E-state index is 0.644. The molecule has 0 aromatic heterocycles. The summed E-state index contributed by atoms with van der Waals surface area (Å²) >= 11 is 0. The first-order chi connectivity index (χ1) is 9.36. The molecule has 1 aliphatic heterocycles. The molecule has 1 fully saturated rings. The van der Waals surface area contributed by atoms with Crippen LogP contribution in [-0.4, -0.2) is 63.5 Å². The maximum Gasteiger partial charge on any atom is 0.0593 e. The predicted molar refractivity (Wildman–Crippen MR) is 79.7 cm³/mol. The van der Waals surface area contributed by atoms with E-state index in [0.29, 0.717) is 6.04 Å². The highest BCUT2D eigenvalue weighted by Gasteiger charge is 2.15. The van der Waals surface area contributed by atoms with Crippen LogP contribution in [-0.2, 0) is 9.47 Å². The molecular formula is C15H32N2O2. The van der Waals surface area contributed by atoms with Crippen molar-refractivity contribution in [2.24, 2.45) is 0 Å².